The molecule has 2 heterocycles. The molecule has 0 spiro atoms. The number of nitrogens with zero attached hydrogens (tertiary/aromatic N) is 3. The first-order valence-corrected chi connectivity index (χ1v) is 7.47. The average molecular weight is 253 g/mol. The van der Waals surface area contributed by atoms with Gasteiger partial charge in [-0.3, -0.25) is 4.90 Å². The smallest absolute Gasteiger partial charge is 0.320 e. The molecule has 0 aromatic carbocycles. The van der Waals surface area contributed by atoms with Crippen molar-refractivity contribution < 1.29 is 4.79 Å². The van der Waals surface area contributed by atoms with E-state index < -0.39 is 0 Å². The zero-order chi connectivity index (χ0) is 13.0. The molecule has 0 atom stereocenters. The van der Waals surface area contributed by atoms with Gasteiger partial charge in [0.1, 0.15) is 0 Å². The Balaban J connectivity index is 1.77. The van der Waals surface area contributed by atoms with Gasteiger partial charge in [0.2, 0.25) is 0 Å². The van der Waals surface area contributed by atoms with Gasteiger partial charge in [-0.2, -0.15) is 0 Å². The number of likely N-dealkylation sites (tertiary alicyclic amines) is 1. The summed E-state index contributed by atoms with van der Waals surface area (Å²) in [6.07, 6.45) is 3.54. The van der Waals surface area contributed by atoms with Gasteiger partial charge in [-0.1, -0.05) is 13.8 Å². The highest BCUT2D eigenvalue weighted by molar-refractivity contribution is 5.74. The third-order valence-corrected chi connectivity index (χ3v) is 4.24. The number of hydrogen-bond acceptors (Lipinski definition) is 2. The van der Waals surface area contributed by atoms with Crippen molar-refractivity contribution in [2.24, 2.45) is 5.92 Å². The Kier molecular flexibility index (Phi) is 4.87. The highest BCUT2D eigenvalue weighted by Gasteiger charge is 2.27. The predicted octanol–water partition coefficient (Wildman–Crippen LogP) is 1.87. The molecule has 2 saturated heterocycles. The highest BCUT2D eigenvalue weighted by atomic mass is 16.2. The SMILES string of the molecule is CCCN1CCN(C(=O)N2CCC(C)CC2)CC1. The van der Waals surface area contributed by atoms with Crippen LogP contribution < -0.4 is 0 Å². The summed E-state index contributed by atoms with van der Waals surface area (Å²) in [6, 6.07) is 0.276. The number of rotatable bonds is 2. The van der Waals surface area contributed by atoms with E-state index in [4.69, 9.17) is 0 Å². The molecule has 0 aliphatic carbocycles. The maximum absolute atomic E-state index is 12.4. The van der Waals surface area contributed by atoms with Crippen LogP contribution in [-0.2, 0) is 0 Å². The lowest BCUT2D eigenvalue weighted by Gasteiger charge is -2.39. The number of piperazine rings is 1. The number of amides is 2. The van der Waals surface area contributed by atoms with Crippen molar-refractivity contribution in [3.63, 3.8) is 0 Å². The van der Waals surface area contributed by atoms with E-state index in [1.807, 2.05) is 4.90 Å². The molecule has 18 heavy (non-hydrogen) atoms. The van der Waals surface area contributed by atoms with Gasteiger partial charge in [0.25, 0.3) is 0 Å². The van der Waals surface area contributed by atoms with Gasteiger partial charge in [-0.15, -0.1) is 0 Å². The van der Waals surface area contributed by atoms with E-state index in [9.17, 15) is 4.79 Å². The van der Waals surface area contributed by atoms with Crippen molar-refractivity contribution in [1.29, 1.82) is 0 Å². The minimum Gasteiger partial charge on any atom is -0.325 e. The molecular formula is C14H27N3O. The van der Waals surface area contributed by atoms with Gasteiger partial charge in [0.15, 0.2) is 0 Å². The molecule has 0 aromatic rings. The number of carbonyl (C=O) groups is 1. The van der Waals surface area contributed by atoms with E-state index in [-0.39, 0.29) is 6.03 Å². The maximum Gasteiger partial charge on any atom is 0.320 e. The van der Waals surface area contributed by atoms with E-state index in [0.717, 1.165) is 45.2 Å². The van der Waals surface area contributed by atoms with Crippen LogP contribution in [0.2, 0.25) is 0 Å². The summed E-state index contributed by atoms with van der Waals surface area (Å²) >= 11 is 0. The van der Waals surface area contributed by atoms with Crippen LogP contribution in [0.3, 0.4) is 0 Å². The van der Waals surface area contributed by atoms with Gasteiger partial charge in [-0.05, 0) is 31.7 Å². The van der Waals surface area contributed by atoms with Crippen molar-refractivity contribution in [1.82, 2.24) is 14.7 Å². The van der Waals surface area contributed by atoms with Crippen LogP contribution in [0.15, 0.2) is 0 Å². The molecule has 0 unspecified atom stereocenters. The Morgan fingerprint density at radius 1 is 1.00 bits per heavy atom. The summed E-state index contributed by atoms with van der Waals surface area (Å²) < 4.78 is 0. The Morgan fingerprint density at radius 3 is 2.11 bits per heavy atom. The maximum atomic E-state index is 12.4. The lowest BCUT2D eigenvalue weighted by Crippen LogP contribution is -2.54. The third-order valence-electron chi connectivity index (χ3n) is 4.24. The molecular weight excluding hydrogens is 226 g/mol. The quantitative estimate of drug-likeness (QED) is 0.751. The highest BCUT2D eigenvalue weighted by Crippen LogP contribution is 2.17. The second kappa shape index (κ2) is 6.41. The van der Waals surface area contributed by atoms with E-state index in [1.54, 1.807) is 0 Å². The number of piperidine rings is 1. The molecule has 4 heteroatoms. The third kappa shape index (κ3) is 3.37. The fraction of sp³-hybridized carbons (Fsp3) is 0.929. The molecule has 2 amide bonds. The number of urea groups is 1. The van der Waals surface area contributed by atoms with Crippen LogP contribution in [0.5, 0.6) is 0 Å². The molecule has 2 fully saturated rings. The summed E-state index contributed by atoms with van der Waals surface area (Å²) in [6.45, 7) is 11.5. The Labute approximate surface area is 111 Å². The minimum atomic E-state index is 0.276. The van der Waals surface area contributed by atoms with Crippen LogP contribution >= 0.6 is 0 Å². The zero-order valence-electron chi connectivity index (χ0n) is 11.9. The average Bonchev–Trinajstić information content (AvgIpc) is 2.40. The summed E-state index contributed by atoms with van der Waals surface area (Å²) in [4.78, 5) is 18.9. The van der Waals surface area contributed by atoms with Crippen LogP contribution in [0.1, 0.15) is 33.1 Å². The summed E-state index contributed by atoms with van der Waals surface area (Å²) in [7, 11) is 0. The Hall–Kier alpha value is -0.770. The second-order valence-electron chi connectivity index (χ2n) is 5.78. The van der Waals surface area contributed by atoms with Crippen LogP contribution in [0.25, 0.3) is 0 Å². The molecule has 0 radical (unpaired) electrons. The predicted molar refractivity (Wildman–Crippen MR) is 73.7 cm³/mol. The second-order valence-corrected chi connectivity index (χ2v) is 5.78. The van der Waals surface area contributed by atoms with Crippen molar-refractivity contribution in [3.8, 4) is 0 Å². The van der Waals surface area contributed by atoms with Gasteiger partial charge >= 0.3 is 6.03 Å². The summed E-state index contributed by atoms with van der Waals surface area (Å²) in [5.41, 5.74) is 0. The molecule has 0 saturated carbocycles. The lowest BCUT2D eigenvalue weighted by atomic mass is 9.99. The fourth-order valence-corrected chi connectivity index (χ4v) is 2.88. The lowest BCUT2D eigenvalue weighted by molar-refractivity contribution is 0.102. The van der Waals surface area contributed by atoms with Crippen molar-refractivity contribution in [3.05, 3.63) is 0 Å². The van der Waals surface area contributed by atoms with Gasteiger partial charge in [0.05, 0.1) is 0 Å². The normalized spacial score (nSPS) is 23.4. The molecule has 2 aliphatic rings. The van der Waals surface area contributed by atoms with Gasteiger partial charge < -0.3 is 9.80 Å². The standard InChI is InChI=1S/C14H27N3O/c1-3-6-15-9-11-17(12-10-15)14(18)16-7-4-13(2)5-8-16/h13H,3-12H2,1-2H3. The van der Waals surface area contributed by atoms with E-state index >= 15 is 0 Å². The topological polar surface area (TPSA) is 26.8 Å². The Morgan fingerprint density at radius 2 is 1.56 bits per heavy atom. The first-order chi connectivity index (χ1) is 8.70. The van der Waals surface area contributed by atoms with Crippen LogP contribution in [0.4, 0.5) is 4.79 Å². The molecule has 2 rings (SSSR count). The summed E-state index contributed by atoms with van der Waals surface area (Å²) in [5.74, 6) is 0.787. The fourth-order valence-electron chi connectivity index (χ4n) is 2.88. The minimum absolute atomic E-state index is 0.276. The van der Waals surface area contributed by atoms with Crippen LogP contribution in [0, 0.1) is 5.92 Å². The van der Waals surface area contributed by atoms with E-state index in [0.29, 0.717) is 0 Å². The van der Waals surface area contributed by atoms with E-state index in [2.05, 4.69) is 23.6 Å². The van der Waals surface area contributed by atoms with Crippen molar-refractivity contribution in [2.45, 2.75) is 33.1 Å². The first kappa shape index (κ1) is 13.7. The van der Waals surface area contributed by atoms with Crippen molar-refractivity contribution in [2.75, 3.05) is 45.8 Å². The first-order valence-electron chi connectivity index (χ1n) is 7.47. The number of carbonyl (C=O) groups excluding carboxylic acids is 1. The van der Waals surface area contributed by atoms with Gasteiger partial charge in [0, 0.05) is 39.3 Å². The molecule has 0 aromatic heterocycles. The van der Waals surface area contributed by atoms with Gasteiger partial charge in [-0.25, -0.2) is 4.79 Å². The monoisotopic (exact) mass is 253 g/mol. The van der Waals surface area contributed by atoms with E-state index in [1.165, 1.54) is 25.8 Å². The summed E-state index contributed by atoms with van der Waals surface area (Å²) in [5, 5.41) is 0. The largest absolute Gasteiger partial charge is 0.325 e. The zero-order valence-corrected chi connectivity index (χ0v) is 11.9. The van der Waals surface area contributed by atoms with Crippen LogP contribution in [-0.4, -0.2) is 66.5 Å². The van der Waals surface area contributed by atoms with Crippen molar-refractivity contribution >= 4 is 6.03 Å². The Bertz CT molecular complexity index is 266. The molecule has 0 N–H and O–H groups in total. The molecule has 104 valence electrons. The molecule has 0 bridgehead atoms. The molecule has 4 nitrogen and oxygen atoms in total. The molecule has 2 aliphatic heterocycles. The number of hydrogen-bond donors (Lipinski definition) is 0.